The minimum Gasteiger partial charge on any atom is -0.302 e. The van der Waals surface area contributed by atoms with Crippen molar-refractivity contribution in [1.29, 1.82) is 0 Å². The lowest BCUT2D eigenvalue weighted by molar-refractivity contribution is 0.164. The molecule has 0 saturated carbocycles. The van der Waals surface area contributed by atoms with Crippen molar-refractivity contribution < 1.29 is 0 Å². The smallest absolute Gasteiger partial charge is 0.302 e. The summed E-state index contributed by atoms with van der Waals surface area (Å²) >= 11 is 0. The van der Waals surface area contributed by atoms with E-state index < -0.39 is 0 Å². The summed E-state index contributed by atoms with van der Waals surface area (Å²) in [5, 5.41) is 0. The molecule has 0 unspecified atom stereocenters. The van der Waals surface area contributed by atoms with Crippen LogP contribution in [-0.4, -0.2) is 37.1 Å². The summed E-state index contributed by atoms with van der Waals surface area (Å²) in [4.78, 5) is 34.9. The van der Waals surface area contributed by atoms with Crippen LogP contribution in [0.5, 0.6) is 0 Å². The molecule has 1 saturated heterocycles. The monoisotopic (exact) mass is 371 g/mol. The van der Waals surface area contributed by atoms with Crippen LogP contribution in [0.1, 0.15) is 45.0 Å². The summed E-state index contributed by atoms with van der Waals surface area (Å²) in [5.74, 6) is 0.470. The SMILES string of the molecule is Cn1ccc(CN2CCC(Cn3cnc(C(C)(C)C)cc3=O)CC2)nc1=O. The Morgan fingerprint density at radius 3 is 2.48 bits per heavy atom. The van der Waals surface area contributed by atoms with Crippen LogP contribution in [0.3, 0.4) is 0 Å². The van der Waals surface area contributed by atoms with Crippen molar-refractivity contribution in [3.8, 4) is 0 Å². The molecular weight excluding hydrogens is 342 g/mol. The molecular formula is C20H29N5O2. The van der Waals surface area contributed by atoms with Crippen LogP contribution >= 0.6 is 0 Å². The Hall–Kier alpha value is -2.28. The third-order valence-electron chi connectivity index (χ3n) is 5.23. The van der Waals surface area contributed by atoms with Gasteiger partial charge < -0.3 is 4.57 Å². The summed E-state index contributed by atoms with van der Waals surface area (Å²) in [6.45, 7) is 9.50. The number of nitrogens with zero attached hydrogens (tertiary/aromatic N) is 5. The van der Waals surface area contributed by atoms with Gasteiger partial charge in [-0.15, -0.1) is 0 Å². The molecule has 3 heterocycles. The number of aromatic nitrogens is 4. The van der Waals surface area contributed by atoms with Gasteiger partial charge in [0.05, 0.1) is 17.7 Å². The van der Waals surface area contributed by atoms with E-state index in [1.54, 1.807) is 30.2 Å². The maximum absolute atomic E-state index is 12.4. The number of likely N-dealkylation sites (tertiary alicyclic amines) is 1. The average molecular weight is 371 g/mol. The van der Waals surface area contributed by atoms with Gasteiger partial charge in [-0.05, 0) is 37.9 Å². The van der Waals surface area contributed by atoms with Crippen LogP contribution in [0.25, 0.3) is 0 Å². The summed E-state index contributed by atoms with van der Waals surface area (Å²) in [5.41, 5.74) is 1.35. The molecule has 2 aromatic heterocycles. The highest BCUT2D eigenvalue weighted by Gasteiger charge is 2.21. The molecule has 0 aliphatic carbocycles. The van der Waals surface area contributed by atoms with Gasteiger partial charge in [-0.25, -0.2) is 9.78 Å². The van der Waals surface area contributed by atoms with E-state index in [0.29, 0.717) is 19.0 Å². The first-order chi connectivity index (χ1) is 12.7. The van der Waals surface area contributed by atoms with E-state index in [4.69, 9.17) is 0 Å². The van der Waals surface area contributed by atoms with Gasteiger partial charge >= 0.3 is 5.69 Å². The number of hydrogen-bond acceptors (Lipinski definition) is 5. The van der Waals surface area contributed by atoms with Gasteiger partial charge in [-0.1, -0.05) is 20.8 Å². The lowest BCUT2D eigenvalue weighted by Crippen LogP contribution is -2.37. The number of piperidine rings is 1. The van der Waals surface area contributed by atoms with Gasteiger partial charge in [-0.2, -0.15) is 4.98 Å². The zero-order chi connectivity index (χ0) is 19.6. The molecule has 1 aliphatic rings. The molecule has 7 nitrogen and oxygen atoms in total. The Bertz CT molecular complexity index is 902. The molecule has 0 bridgehead atoms. The van der Waals surface area contributed by atoms with Crippen molar-refractivity contribution in [3.63, 3.8) is 0 Å². The molecule has 7 heteroatoms. The average Bonchev–Trinajstić information content (AvgIpc) is 2.61. The summed E-state index contributed by atoms with van der Waals surface area (Å²) in [7, 11) is 1.70. The van der Waals surface area contributed by atoms with Crippen molar-refractivity contribution in [2.45, 2.75) is 52.1 Å². The van der Waals surface area contributed by atoms with Crippen LogP contribution in [-0.2, 0) is 25.6 Å². The summed E-state index contributed by atoms with van der Waals surface area (Å²) < 4.78 is 3.21. The number of rotatable bonds is 4. The van der Waals surface area contributed by atoms with Gasteiger partial charge in [0.2, 0.25) is 0 Å². The standard InChI is InChI=1S/C20H29N5O2/c1-20(2,3)17-11-18(26)25(14-21-17)12-15-5-9-24(10-6-15)13-16-7-8-23(4)19(27)22-16/h7-8,11,14-15H,5-6,9-10,12-13H2,1-4H3. The maximum Gasteiger partial charge on any atom is 0.347 e. The van der Waals surface area contributed by atoms with Crippen molar-refractivity contribution in [2.24, 2.45) is 13.0 Å². The molecule has 0 aromatic carbocycles. The molecule has 27 heavy (non-hydrogen) atoms. The van der Waals surface area contributed by atoms with E-state index in [1.165, 1.54) is 4.57 Å². The Balaban J connectivity index is 1.56. The Morgan fingerprint density at radius 2 is 1.89 bits per heavy atom. The van der Waals surface area contributed by atoms with Gasteiger partial charge in [0, 0.05) is 37.8 Å². The van der Waals surface area contributed by atoms with Gasteiger partial charge in [0.1, 0.15) is 0 Å². The topological polar surface area (TPSA) is 73.0 Å². The molecule has 1 aliphatic heterocycles. The normalized spacial score (nSPS) is 16.6. The second-order valence-corrected chi connectivity index (χ2v) is 8.55. The van der Waals surface area contributed by atoms with Crippen LogP contribution in [0, 0.1) is 5.92 Å². The first-order valence-corrected chi connectivity index (χ1v) is 9.54. The fourth-order valence-electron chi connectivity index (χ4n) is 3.40. The highest BCUT2D eigenvalue weighted by molar-refractivity contribution is 5.10. The minimum absolute atomic E-state index is 0.0293. The molecule has 0 atom stereocenters. The van der Waals surface area contributed by atoms with Crippen molar-refractivity contribution >= 4 is 0 Å². The van der Waals surface area contributed by atoms with Gasteiger partial charge in [0.15, 0.2) is 0 Å². The molecule has 2 aromatic rings. The predicted octanol–water partition coefficient (Wildman–Crippen LogP) is 1.55. The fourth-order valence-corrected chi connectivity index (χ4v) is 3.40. The van der Waals surface area contributed by atoms with E-state index in [2.05, 4.69) is 35.6 Å². The predicted molar refractivity (Wildman–Crippen MR) is 105 cm³/mol. The quantitative estimate of drug-likeness (QED) is 0.815. The number of hydrogen-bond donors (Lipinski definition) is 0. The van der Waals surface area contributed by atoms with Crippen molar-refractivity contribution in [3.05, 3.63) is 56.9 Å². The van der Waals surface area contributed by atoms with Gasteiger partial charge in [-0.3, -0.25) is 14.3 Å². The van der Waals surface area contributed by atoms with E-state index in [0.717, 1.165) is 37.3 Å². The lowest BCUT2D eigenvalue weighted by atomic mass is 9.92. The second kappa shape index (κ2) is 7.76. The first kappa shape index (κ1) is 19.5. The molecule has 0 spiro atoms. The molecule has 146 valence electrons. The zero-order valence-electron chi connectivity index (χ0n) is 16.7. The lowest BCUT2D eigenvalue weighted by Gasteiger charge is -2.32. The molecule has 0 N–H and O–H groups in total. The van der Waals surface area contributed by atoms with Crippen molar-refractivity contribution in [2.75, 3.05) is 13.1 Å². The van der Waals surface area contributed by atoms with E-state index in [1.807, 2.05) is 6.07 Å². The summed E-state index contributed by atoms with van der Waals surface area (Å²) in [6.07, 6.45) is 5.51. The molecule has 3 rings (SSSR count). The highest BCUT2D eigenvalue weighted by atomic mass is 16.1. The first-order valence-electron chi connectivity index (χ1n) is 9.54. The molecule has 0 radical (unpaired) electrons. The Kier molecular flexibility index (Phi) is 5.60. The maximum atomic E-state index is 12.4. The summed E-state index contributed by atoms with van der Waals surface area (Å²) in [6, 6.07) is 3.56. The van der Waals surface area contributed by atoms with Crippen LogP contribution < -0.4 is 11.2 Å². The van der Waals surface area contributed by atoms with Crippen LogP contribution in [0.2, 0.25) is 0 Å². The molecule has 0 amide bonds. The van der Waals surface area contributed by atoms with E-state index in [-0.39, 0.29) is 16.7 Å². The van der Waals surface area contributed by atoms with Crippen molar-refractivity contribution in [1.82, 2.24) is 24.0 Å². The third-order valence-corrected chi connectivity index (χ3v) is 5.23. The Morgan fingerprint density at radius 1 is 1.19 bits per heavy atom. The number of aryl methyl sites for hydroxylation is 1. The fraction of sp³-hybridized carbons (Fsp3) is 0.600. The largest absolute Gasteiger partial charge is 0.347 e. The third kappa shape index (κ3) is 4.91. The van der Waals surface area contributed by atoms with E-state index >= 15 is 0 Å². The van der Waals surface area contributed by atoms with Crippen LogP contribution in [0.4, 0.5) is 0 Å². The second-order valence-electron chi connectivity index (χ2n) is 8.55. The van der Waals surface area contributed by atoms with Crippen LogP contribution in [0.15, 0.2) is 34.2 Å². The highest BCUT2D eigenvalue weighted by Crippen LogP contribution is 2.21. The zero-order valence-corrected chi connectivity index (χ0v) is 16.7. The Labute approximate surface area is 159 Å². The van der Waals surface area contributed by atoms with E-state index in [9.17, 15) is 9.59 Å². The van der Waals surface area contributed by atoms with Gasteiger partial charge in [0.25, 0.3) is 5.56 Å². The minimum atomic E-state index is -0.215. The molecule has 1 fully saturated rings.